The third kappa shape index (κ3) is 4.43. The Morgan fingerprint density at radius 1 is 1.09 bits per heavy atom. The molecule has 1 unspecified atom stereocenters. The van der Waals surface area contributed by atoms with Gasteiger partial charge in [0, 0.05) is 13.2 Å². The highest BCUT2D eigenvalue weighted by molar-refractivity contribution is 6.11. The van der Waals surface area contributed by atoms with Gasteiger partial charge < -0.3 is 9.47 Å². The molecule has 0 aliphatic rings. The van der Waals surface area contributed by atoms with Crippen molar-refractivity contribution in [1.82, 2.24) is 0 Å². The molecule has 0 fully saturated rings. The van der Waals surface area contributed by atoms with Gasteiger partial charge >= 0.3 is 0 Å². The van der Waals surface area contributed by atoms with Crippen molar-refractivity contribution in [3.05, 3.63) is 0 Å². The van der Waals surface area contributed by atoms with Crippen molar-refractivity contribution in [1.29, 1.82) is 0 Å². The lowest BCUT2D eigenvalue weighted by Gasteiger charge is -2.22. The summed E-state index contributed by atoms with van der Waals surface area (Å²) in [5.74, 6) is -0.00472. The molecule has 1 atom stereocenters. The molecule has 0 amide bonds. The Morgan fingerprint density at radius 3 is 1.82 bits per heavy atom. The molecule has 2 nitrogen and oxygen atoms in total. The molecular weight excluding hydrogens is 139 g/mol. The fraction of sp³-hybridized carbons (Fsp3) is 1.00. The van der Waals surface area contributed by atoms with E-state index < -0.39 is 0 Å². The molecule has 0 saturated carbocycles. The van der Waals surface area contributed by atoms with Gasteiger partial charge in [0.15, 0.2) is 6.29 Å². The molecule has 0 spiro atoms. The lowest BCUT2D eigenvalue weighted by atomic mass is 9.84. The molecule has 0 saturated heterocycles. The summed E-state index contributed by atoms with van der Waals surface area (Å²) in [5, 5.41) is 0. The summed E-state index contributed by atoms with van der Waals surface area (Å²) in [6.45, 7) is 7.20. The van der Waals surface area contributed by atoms with Gasteiger partial charge in [-0.1, -0.05) is 13.3 Å². The summed E-state index contributed by atoms with van der Waals surface area (Å²) >= 11 is 0. The van der Waals surface area contributed by atoms with Crippen molar-refractivity contribution in [2.24, 2.45) is 0 Å². The first-order valence-corrected chi connectivity index (χ1v) is 4.24. The smallest absolute Gasteiger partial charge is 0.152 e. The predicted octanol–water partition coefficient (Wildman–Crippen LogP) is 1.75. The highest BCUT2D eigenvalue weighted by Crippen LogP contribution is 2.15. The van der Waals surface area contributed by atoms with Gasteiger partial charge in [-0.25, -0.2) is 0 Å². The maximum absolute atomic E-state index is 5.74. The number of ether oxygens (including phenoxy) is 2. The molecule has 0 N–H and O–H groups in total. The maximum Gasteiger partial charge on any atom is 0.152 e. The van der Waals surface area contributed by atoms with Crippen LogP contribution in [-0.2, 0) is 9.47 Å². The second-order valence-electron chi connectivity index (χ2n) is 2.35. The summed E-state index contributed by atoms with van der Waals surface area (Å²) in [6, 6.07) is 0. The molecule has 0 heterocycles. The fourth-order valence-corrected chi connectivity index (χ4v) is 0.816. The van der Waals surface area contributed by atoms with Gasteiger partial charge in [-0.05, 0) is 19.7 Å². The van der Waals surface area contributed by atoms with Gasteiger partial charge in [0.2, 0.25) is 0 Å². The average molecular weight is 156 g/mol. The Kier molecular flexibility index (Phi) is 6.67. The van der Waals surface area contributed by atoms with Crippen LogP contribution in [0.3, 0.4) is 0 Å². The van der Waals surface area contributed by atoms with E-state index in [-0.39, 0.29) is 12.1 Å². The Morgan fingerprint density at radius 2 is 1.55 bits per heavy atom. The van der Waals surface area contributed by atoms with Crippen molar-refractivity contribution >= 4 is 7.85 Å². The van der Waals surface area contributed by atoms with Crippen LogP contribution in [0.2, 0.25) is 5.82 Å². The van der Waals surface area contributed by atoms with E-state index in [1.807, 2.05) is 20.8 Å². The predicted molar refractivity (Wildman–Crippen MR) is 46.8 cm³/mol. The number of rotatable bonds is 6. The largest absolute Gasteiger partial charge is 0.353 e. The van der Waals surface area contributed by atoms with Crippen LogP contribution in [0.4, 0.5) is 0 Å². The average Bonchev–Trinajstić information content (AvgIpc) is 2.03. The third-order valence-electron chi connectivity index (χ3n) is 1.48. The molecule has 0 aromatic heterocycles. The summed E-state index contributed by atoms with van der Waals surface area (Å²) in [4.78, 5) is 0. The first kappa shape index (κ1) is 11.0. The van der Waals surface area contributed by atoms with Crippen LogP contribution in [0.1, 0.15) is 27.2 Å². The minimum atomic E-state index is -0.227. The van der Waals surface area contributed by atoms with E-state index in [1.165, 1.54) is 0 Å². The second-order valence-corrected chi connectivity index (χ2v) is 2.35. The van der Waals surface area contributed by atoms with Crippen molar-refractivity contribution in [3.63, 3.8) is 0 Å². The van der Waals surface area contributed by atoms with Crippen LogP contribution in [0, 0.1) is 0 Å². The maximum atomic E-state index is 5.74. The van der Waals surface area contributed by atoms with Crippen LogP contribution < -0.4 is 0 Å². The van der Waals surface area contributed by atoms with Crippen molar-refractivity contribution in [2.45, 2.75) is 39.3 Å². The van der Waals surface area contributed by atoms with E-state index in [4.69, 9.17) is 17.3 Å². The summed E-state index contributed by atoms with van der Waals surface area (Å²) in [7, 11) is 5.74. The second kappa shape index (κ2) is 6.68. The molecule has 0 aromatic rings. The molecule has 0 aromatic carbocycles. The Bertz CT molecular complexity index is 82.2. The SMILES string of the molecule is [B]C(CC)C(OCC)OCC. The van der Waals surface area contributed by atoms with E-state index in [1.54, 1.807) is 0 Å². The highest BCUT2D eigenvalue weighted by Gasteiger charge is 2.14. The van der Waals surface area contributed by atoms with E-state index in [2.05, 4.69) is 0 Å². The van der Waals surface area contributed by atoms with Gasteiger partial charge in [0.1, 0.15) is 0 Å². The first-order chi connectivity index (χ1) is 5.26. The topological polar surface area (TPSA) is 18.5 Å². The number of hydrogen-bond donors (Lipinski definition) is 0. The standard InChI is InChI=1S/C8H17BO2/c1-4-7(9)8(10-5-2)11-6-3/h7-8H,4-6H2,1-3H3. The zero-order chi connectivity index (χ0) is 8.69. The first-order valence-electron chi connectivity index (χ1n) is 4.24. The van der Waals surface area contributed by atoms with E-state index in [0.29, 0.717) is 13.2 Å². The van der Waals surface area contributed by atoms with Gasteiger partial charge in [-0.15, -0.1) is 0 Å². The Labute approximate surface area is 70.7 Å². The molecule has 0 aliphatic carbocycles. The molecule has 0 rings (SSSR count). The normalized spacial score (nSPS) is 13.8. The van der Waals surface area contributed by atoms with Crippen LogP contribution in [0.15, 0.2) is 0 Å². The Balaban J connectivity index is 3.66. The zero-order valence-corrected chi connectivity index (χ0v) is 7.67. The van der Waals surface area contributed by atoms with E-state index in [9.17, 15) is 0 Å². The van der Waals surface area contributed by atoms with Crippen molar-refractivity contribution in [3.8, 4) is 0 Å². The van der Waals surface area contributed by atoms with Crippen molar-refractivity contribution < 1.29 is 9.47 Å². The van der Waals surface area contributed by atoms with Gasteiger partial charge in [-0.2, -0.15) is 0 Å². The molecule has 11 heavy (non-hydrogen) atoms. The van der Waals surface area contributed by atoms with E-state index in [0.717, 1.165) is 6.42 Å². The summed E-state index contributed by atoms with van der Waals surface area (Å²) in [6.07, 6.45) is 0.653. The monoisotopic (exact) mass is 156 g/mol. The molecule has 0 aliphatic heterocycles. The minimum Gasteiger partial charge on any atom is -0.353 e. The molecule has 3 heteroatoms. The fourth-order valence-electron chi connectivity index (χ4n) is 0.816. The quantitative estimate of drug-likeness (QED) is 0.430. The van der Waals surface area contributed by atoms with Gasteiger partial charge in [0.25, 0.3) is 0 Å². The highest BCUT2D eigenvalue weighted by atomic mass is 16.7. The molecule has 2 radical (unpaired) electrons. The van der Waals surface area contributed by atoms with Crippen molar-refractivity contribution in [2.75, 3.05) is 13.2 Å². The summed E-state index contributed by atoms with van der Waals surface area (Å²) in [5.41, 5.74) is 0. The van der Waals surface area contributed by atoms with Crippen LogP contribution in [0.25, 0.3) is 0 Å². The lowest BCUT2D eigenvalue weighted by molar-refractivity contribution is -0.138. The lowest BCUT2D eigenvalue weighted by Crippen LogP contribution is -2.23. The molecular formula is C8H17BO2. The van der Waals surface area contributed by atoms with Gasteiger partial charge in [0.05, 0.1) is 7.85 Å². The van der Waals surface area contributed by atoms with Crippen LogP contribution in [-0.4, -0.2) is 27.4 Å². The zero-order valence-electron chi connectivity index (χ0n) is 7.67. The number of hydrogen-bond acceptors (Lipinski definition) is 2. The minimum absolute atomic E-state index is 0.00472. The van der Waals surface area contributed by atoms with E-state index >= 15 is 0 Å². The summed E-state index contributed by atoms with van der Waals surface area (Å²) < 4.78 is 10.6. The Hall–Kier alpha value is -0.0151. The van der Waals surface area contributed by atoms with Crippen LogP contribution >= 0.6 is 0 Å². The van der Waals surface area contributed by atoms with Gasteiger partial charge in [-0.3, -0.25) is 0 Å². The molecule has 0 bridgehead atoms. The molecule has 64 valence electrons. The van der Waals surface area contributed by atoms with Crippen LogP contribution in [0.5, 0.6) is 0 Å². The third-order valence-corrected chi connectivity index (χ3v) is 1.48.